The van der Waals surface area contributed by atoms with Gasteiger partial charge < -0.3 is 18.9 Å². The number of carbonyl (C=O) groups is 1. The second-order valence-electron chi connectivity index (χ2n) is 12.0. The Balaban J connectivity index is 2.18. The van der Waals surface area contributed by atoms with Crippen LogP contribution in [0.15, 0.2) is 48.5 Å². The molecule has 204 valence electrons. The van der Waals surface area contributed by atoms with Crippen LogP contribution in [0.25, 0.3) is 11.1 Å². The summed E-state index contributed by atoms with van der Waals surface area (Å²) in [5, 5.41) is 0. The van der Waals surface area contributed by atoms with Gasteiger partial charge in [0.1, 0.15) is 23.0 Å². The first kappa shape index (κ1) is 29.1. The molecule has 5 heteroatoms. The van der Waals surface area contributed by atoms with E-state index in [1.165, 1.54) is 0 Å². The third kappa shape index (κ3) is 6.32. The van der Waals surface area contributed by atoms with Crippen molar-refractivity contribution in [2.75, 3.05) is 14.2 Å². The number of benzene rings is 3. The van der Waals surface area contributed by atoms with Gasteiger partial charge in [-0.1, -0.05) is 59.7 Å². The van der Waals surface area contributed by atoms with Gasteiger partial charge in [-0.05, 0) is 61.4 Å². The second kappa shape index (κ2) is 11.1. The SMILES string of the molecule is COc1cc(C(C)(C)C)c(OC(=O)c2ccccc2-c2c(C)cc(OC(C)C)cc2OC)c(C(C)(C)C)c1. The molecule has 0 fully saturated rings. The van der Waals surface area contributed by atoms with Gasteiger partial charge in [0.2, 0.25) is 0 Å². The van der Waals surface area contributed by atoms with E-state index in [1.807, 2.05) is 63.2 Å². The molecule has 5 nitrogen and oxygen atoms in total. The molecule has 0 aliphatic rings. The standard InChI is InChI=1S/C33H42O5/c1-20(2)37-23-16-21(3)29(28(19-23)36-11)24-14-12-13-15-25(24)31(34)38-30-26(32(4,5)6)17-22(35-10)18-27(30)33(7,8)9/h12-20H,1-11H3. The van der Waals surface area contributed by atoms with Gasteiger partial charge in [0.05, 0.1) is 25.9 Å². The maximum atomic E-state index is 13.9. The Morgan fingerprint density at radius 3 is 1.87 bits per heavy atom. The minimum absolute atomic E-state index is 0.0331. The summed E-state index contributed by atoms with van der Waals surface area (Å²) in [4.78, 5) is 13.9. The summed E-state index contributed by atoms with van der Waals surface area (Å²) in [7, 11) is 3.28. The van der Waals surface area contributed by atoms with Crippen LogP contribution in [0, 0.1) is 6.92 Å². The normalized spacial score (nSPS) is 11.9. The fourth-order valence-corrected chi connectivity index (χ4v) is 4.54. The van der Waals surface area contributed by atoms with E-state index in [9.17, 15) is 4.79 Å². The van der Waals surface area contributed by atoms with E-state index in [-0.39, 0.29) is 16.9 Å². The molecule has 0 spiro atoms. The topological polar surface area (TPSA) is 54.0 Å². The third-order valence-electron chi connectivity index (χ3n) is 6.39. The number of ether oxygens (including phenoxy) is 4. The van der Waals surface area contributed by atoms with Crippen molar-refractivity contribution in [1.82, 2.24) is 0 Å². The van der Waals surface area contributed by atoms with E-state index in [0.717, 1.165) is 39.3 Å². The lowest BCUT2D eigenvalue weighted by Gasteiger charge is -2.30. The van der Waals surface area contributed by atoms with Crippen LogP contribution in [-0.2, 0) is 10.8 Å². The Kier molecular flexibility index (Phi) is 8.50. The molecular weight excluding hydrogens is 476 g/mol. The molecule has 3 aromatic rings. The van der Waals surface area contributed by atoms with Gasteiger partial charge in [-0.2, -0.15) is 0 Å². The summed E-state index contributed by atoms with van der Waals surface area (Å²) in [6.07, 6.45) is 0.0331. The summed E-state index contributed by atoms with van der Waals surface area (Å²) in [5.74, 6) is 2.25. The van der Waals surface area contributed by atoms with Crippen molar-refractivity contribution in [1.29, 1.82) is 0 Å². The van der Waals surface area contributed by atoms with E-state index in [4.69, 9.17) is 18.9 Å². The molecular formula is C33H42O5. The molecule has 0 unspecified atom stereocenters. The largest absolute Gasteiger partial charge is 0.497 e. The first-order chi connectivity index (χ1) is 17.7. The predicted molar refractivity (Wildman–Crippen MR) is 154 cm³/mol. The number of esters is 1. The summed E-state index contributed by atoms with van der Waals surface area (Å²) >= 11 is 0. The first-order valence-corrected chi connectivity index (χ1v) is 13.1. The van der Waals surface area contributed by atoms with Crippen molar-refractivity contribution in [3.05, 3.63) is 70.8 Å². The molecule has 0 atom stereocenters. The van der Waals surface area contributed by atoms with Crippen molar-refractivity contribution >= 4 is 5.97 Å². The Bertz CT molecular complexity index is 1270. The molecule has 0 saturated heterocycles. The maximum Gasteiger partial charge on any atom is 0.344 e. The zero-order valence-electron chi connectivity index (χ0n) is 24.7. The molecule has 0 N–H and O–H groups in total. The monoisotopic (exact) mass is 518 g/mol. The summed E-state index contributed by atoms with van der Waals surface area (Å²) in [5.41, 5.74) is 4.24. The molecule has 0 aliphatic heterocycles. The van der Waals surface area contributed by atoms with Crippen LogP contribution in [0.1, 0.15) is 82.4 Å². The van der Waals surface area contributed by atoms with Crippen molar-refractivity contribution in [2.45, 2.75) is 79.2 Å². The molecule has 0 bridgehead atoms. The van der Waals surface area contributed by atoms with Gasteiger partial charge >= 0.3 is 5.97 Å². The predicted octanol–water partition coefficient (Wildman–Crippen LogP) is 8.28. The highest BCUT2D eigenvalue weighted by Crippen LogP contribution is 2.44. The fourth-order valence-electron chi connectivity index (χ4n) is 4.54. The summed E-state index contributed by atoms with van der Waals surface area (Å²) in [6.45, 7) is 18.6. The smallest absolute Gasteiger partial charge is 0.344 e. The second-order valence-corrected chi connectivity index (χ2v) is 12.0. The zero-order valence-corrected chi connectivity index (χ0v) is 24.7. The van der Waals surface area contributed by atoms with Crippen LogP contribution in [0.4, 0.5) is 0 Å². The molecule has 3 rings (SSSR count). The number of hydrogen-bond acceptors (Lipinski definition) is 5. The van der Waals surface area contributed by atoms with E-state index in [0.29, 0.717) is 17.1 Å². The van der Waals surface area contributed by atoms with Gasteiger partial charge in [0.25, 0.3) is 0 Å². The van der Waals surface area contributed by atoms with Crippen molar-refractivity contribution in [3.63, 3.8) is 0 Å². The van der Waals surface area contributed by atoms with E-state index in [1.54, 1.807) is 20.3 Å². The Morgan fingerprint density at radius 2 is 1.37 bits per heavy atom. The van der Waals surface area contributed by atoms with Crippen LogP contribution in [-0.4, -0.2) is 26.3 Å². The van der Waals surface area contributed by atoms with Crippen molar-refractivity contribution in [3.8, 4) is 34.1 Å². The lowest BCUT2D eigenvalue weighted by Crippen LogP contribution is -2.22. The lowest BCUT2D eigenvalue weighted by atomic mass is 9.79. The quantitative estimate of drug-likeness (QED) is 0.233. The molecule has 38 heavy (non-hydrogen) atoms. The van der Waals surface area contributed by atoms with Crippen LogP contribution >= 0.6 is 0 Å². The number of aryl methyl sites for hydroxylation is 1. The molecule has 0 heterocycles. The minimum Gasteiger partial charge on any atom is -0.497 e. The molecule has 0 aliphatic carbocycles. The van der Waals surface area contributed by atoms with Crippen LogP contribution in [0.3, 0.4) is 0 Å². The number of methoxy groups -OCH3 is 2. The number of rotatable bonds is 7. The Hall–Kier alpha value is -3.47. The van der Waals surface area contributed by atoms with E-state index in [2.05, 4.69) is 41.5 Å². The maximum absolute atomic E-state index is 13.9. The highest BCUT2D eigenvalue weighted by atomic mass is 16.5. The van der Waals surface area contributed by atoms with Gasteiger partial charge in [0.15, 0.2) is 0 Å². The zero-order chi connectivity index (χ0) is 28.4. The minimum atomic E-state index is -0.425. The van der Waals surface area contributed by atoms with E-state index >= 15 is 0 Å². The van der Waals surface area contributed by atoms with Gasteiger partial charge in [0, 0.05) is 28.3 Å². The van der Waals surface area contributed by atoms with Crippen molar-refractivity contribution in [2.24, 2.45) is 0 Å². The van der Waals surface area contributed by atoms with Gasteiger partial charge in [-0.25, -0.2) is 4.79 Å². The highest BCUT2D eigenvalue weighted by Gasteiger charge is 2.31. The van der Waals surface area contributed by atoms with Crippen LogP contribution in [0.2, 0.25) is 0 Å². The number of carbonyl (C=O) groups excluding carboxylic acids is 1. The third-order valence-corrected chi connectivity index (χ3v) is 6.39. The highest BCUT2D eigenvalue weighted by molar-refractivity contribution is 6.00. The first-order valence-electron chi connectivity index (χ1n) is 13.1. The van der Waals surface area contributed by atoms with Gasteiger partial charge in [-0.3, -0.25) is 0 Å². The molecule has 0 saturated carbocycles. The average molecular weight is 519 g/mol. The molecule has 0 amide bonds. The Labute approximate surface area is 228 Å². The van der Waals surface area contributed by atoms with Crippen LogP contribution < -0.4 is 18.9 Å². The number of hydrogen-bond donors (Lipinski definition) is 0. The Morgan fingerprint density at radius 1 is 0.789 bits per heavy atom. The molecule has 3 aromatic carbocycles. The van der Waals surface area contributed by atoms with E-state index < -0.39 is 5.97 Å². The van der Waals surface area contributed by atoms with Gasteiger partial charge in [-0.15, -0.1) is 0 Å². The van der Waals surface area contributed by atoms with Crippen LogP contribution in [0.5, 0.6) is 23.0 Å². The van der Waals surface area contributed by atoms with Crippen molar-refractivity contribution < 1.29 is 23.7 Å². The summed E-state index contributed by atoms with van der Waals surface area (Å²) < 4.78 is 23.6. The lowest BCUT2D eigenvalue weighted by molar-refractivity contribution is 0.0729. The fraction of sp³-hybridized carbons (Fsp3) is 0.424. The molecule has 0 aromatic heterocycles. The average Bonchev–Trinajstić information content (AvgIpc) is 2.81. The molecule has 0 radical (unpaired) electrons. The summed E-state index contributed by atoms with van der Waals surface area (Å²) in [6, 6.07) is 15.2.